The van der Waals surface area contributed by atoms with E-state index in [-0.39, 0.29) is 11.5 Å². The maximum atomic E-state index is 10.0. The number of rotatable bonds is 6. The molecule has 0 aromatic rings. The molecule has 0 amide bonds. The molecule has 0 aromatic heterocycles. The molecule has 1 rings (SSSR count). The van der Waals surface area contributed by atoms with Gasteiger partial charge in [-0.15, -0.1) is 0 Å². The number of hydrogen-bond acceptors (Lipinski definition) is 3. The molecule has 0 radical (unpaired) electrons. The lowest BCUT2D eigenvalue weighted by Crippen LogP contribution is -2.44. The minimum atomic E-state index is -0.224. The van der Waals surface area contributed by atoms with Gasteiger partial charge in [-0.1, -0.05) is 27.7 Å². The summed E-state index contributed by atoms with van der Waals surface area (Å²) in [5.74, 6) is 0.768. The summed E-state index contributed by atoms with van der Waals surface area (Å²) in [6.45, 7) is 15.4. The third-order valence-electron chi connectivity index (χ3n) is 4.31. The van der Waals surface area contributed by atoms with E-state index in [4.69, 9.17) is 0 Å². The highest BCUT2D eigenvalue weighted by Crippen LogP contribution is 2.22. The summed E-state index contributed by atoms with van der Waals surface area (Å²) in [5, 5.41) is 13.6. The van der Waals surface area contributed by atoms with Crippen LogP contribution in [0.1, 0.15) is 53.9 Å². The molecule has 0 saturated carbocycles. The van der Waals surface area contributed by atoms with Crippen molar-refractivity contribution in [2.75, 3.05) is 26.2 Å². The Morgan fingerprint density at radius 2 is 1.84 bits per heavy atom. The van der Waals surface area contributed by atoms with E-state index in [1.165, 1.54) is 32.5 Å². The second-order valence-corrected chi connectivity index (χ2v) is 7.39. The molecule has 1 saturated heterocycles. The van der Waals surface area contributed by atoms with E-state index in [1.54, 1.807) is 0 Å². The van der Waals surface area contributed by atoms with Crippen molar-refractivity contribution in [3.8, 4) is 0 Å². The highest BCUT2D eigenvalue weighted by atomic mass is 16.3. The van der Waals surface area contributed by atoms with Crippen LogP contribution in [0.3, 0.4) is 0 Å². The van der Waals surface area contributed by atoms with Crippen LogP contribution in [0.5, 0.6) is 0 Å². The number of likely N-dealkylation sites (tertiary alicyclic amines) is 1. The number of nitrogens with zero attached hydrogens (tertiary/aromatic N) is 1. The first-order valence-corrected chi connectivity index (χ1v) is 7.95. The fourth-order valence-electron chi connectivity index (χ4n) is 3.04. The van der Waals surface area contributed by atoms with Crippen molar-refractivity contribution in [1.82, 2.24) is 10.2 Å². The first-order chi connectivity index (χ1) is 8.81. The van der Waals surface area contributed by atoms with Crippen molar-refractivity contribution in [2.45, 2.75) is 66.0 Å². The first kappa shape index (κ1) is 16.9. The number of aliphatic hydroxyl groups is 1. The molecule has 0 aliphatic carbocycles. The second-order valence-electron chi connectivity index (χ2n) is 7.39. The molecule has 3 nitrogen and oxygen atoms in total. The largest absolute Gasteiger partial charge is 0.392 e. The molecule has 1 aliphatic rings. The van der Waals surface area contributed by atoms with Gasteiger partial charge >= 0.3 is 0 Å². The van der Waals surface area contributed by atoms with Crippen LogP contribution in [-0.2, 0) is 0 Å². The summed E-state index contributed by atoms with van der Waals surface area (Å²) in [6, 6.07) is 0.522. The Balaban J connectivity index is 2.22. The van der Waals surface area contributed by atoms with Crippen LogP contribution in [0.15, 0.2) is 0 Å². The van der Waals surface area contributed by atoms with Crippen LogP contribution in [0, 0.1) is 11.3 Å². The predicted octanol–water partition coefficient (Wildman–Crippen LogP) is 2.49. The average molecular weight is 270 g/mol. The molecule has 3 heteroatoms. The smallest absolute Gasteiger partial charge is 0.0669 e. The molecule has 114 valence electrons. The third kappa shape index (κ3) is 6.73. The normalized spacial score (nSPS) is 22.4. The lowest BCUT2D eigenvalue weighted by molar-refractivity contribution is 0.108. The van der Waals surface area contributed by atoms with Gasteiger partial charge in [0.05, 0.1) is 6.10 Å². The van der Waals surface area contributed by atoms with Crippen LogP contribution in [0.4, 0.5) is 0 Å². The number of nitrogens with one attached hydrogen (secondary N) is 1. The van der Waals surface area contributed by atoms with Crippen LogP contribution in [-0.4, -0.2) is 48.3 Å². The molecule has 0 aromatic carbocycles. The molecule has 1 fully saturated rings. The Kier molecular flexibility index (Phi) is 6.78. The van der Waals surface area contributed by atoms with Gasteiger partial charge in [0.1, 0.15) is 0 Å². The van der Waals surface area contributed by atoms with Crippen molar-refractivity contribution in [1.29, 1.82) is 0 Å². The van der Waals surface area contributed by atoms with Crippen LogP contribution >= 0.6 is 0 Å². The Labute approximate surface area is 119 Å². The van der Waals surface area contributed by atoms with E-state index < -0.39 is 0 Å². The number of aliphatic hydroxyl groups excluding tert-OH is 1. The van der Waals surface area contributed by atoms with E-state index in [2.05, 4.69) is 44.8 Å². The molecule has 19 heavy (non-hydrogen) atoms. The first-order valence-electron chi connectivity index (χ1n) is 7.95. The molecule has 0 bridgehead atoms. The van der Waals surface area contributed by atoms with Crippen molar-refractivity contribution >= 4 is 0 Å². The van der Waals surface area contributed by atoms with Crippen molar-refractivity contribution in [3.05, 3.63) is 0 Å². The summed E-state index contributed by atoms with van der Waals surface area (Å²) in [7, 11) is 0. The molecule has 2 N–H and O–H groups in total. The molecule has 0 spiro atoms. The number of piperidine rings is 1. The van der Waals surface area contributed by atoms with Gasteiger partial charge in [-0.05, 0) is 57.2 Å². The van der Waals surface area contributed by atoms with Crippen LogP contribution < -0.4 is 5.32 Å². The number of hydrogen-bond donors (Lipinski definition) is 2. The standard InChI is InChI=1S/C16H34N2O/c1-6-18-9-7-14(8-10-18)13(2)17-12-15(19)11-16(3,4)5/h13-15,17,19H,6-12H2,1-5H3. The Hall–Kier alpha value is -0.120. The van der Waals surface area contributed by atoms with E-state index in [9.17, 15) is 5.11 Å². The minimum Gasteiger partial charge on any atom is -0.392 e. The minimum absolute atomic E-state index is 0.205. The lowest BCUT2D eigenvalue weighted by atomic mass is 9.88. The SMILES string of the molecule is CCN1CCC(C(C)NCC(O)CC(C)(C)C)CC1. The molecule has 1 aliphatic heterocycles. The van der Waals surface area contributed by atoms with Crippen LogP contribution in [0.2, 0.25) is 0 Å². The predicted molar refractivity (Wildman–Crippen MR) is 82.4 cm³/mol. The quantitative estimate of drug-likeness (QED) is 0.778. The van der Waals surface area contributed by atoms with Gasteiger partial charge in [-0.2, -0.15) is 0 Å². The monoisotopic (exact) mass is 270 g/mol. The molecular formula is C16H34N2O. The van der Waals surface area contributed by atoms with Gasteiger partial charge < -0.3 is 15.3 Å². The van der Waals surface area contributed by atoms with Crippen molar-refractivity contribution < 1.29 is 5.11 Å². The summed E-state index contributed by atoms with van der Waals surface area (Å²) < 4.78 is 0. The van der Waals surface area contributed by atoms with Gasteiger partial charge in [0.25, 0.3) is 0 Å². The van der Waals surface area contributed by atoms with Gasteiger partial charge in [0.15, 0.2) is 0 Å². The topological polar surface area (TPSA) is 35.5 Å². The van der Waals surface area contributed by atoms with Gasteiger partial charge in [-0.25, -0.2) is 0 Å². The third-order valence-corrected chi connectivity index (χ3v) is 4.31. The van der Waals surface area contributed by atoms with Gasteiger partial charge in [0.2, 0.25) is 0 Å². The Morgan fingerprint density at radius 1 is 1.26 bits per heavy atom. The fourth-order valence-corrected chi connectivity index (χ4v) is 3.04. The molecule has 2 atom stereocenters. The summed E-state index contributed by atoms with van der Waals surface area (Å²) in [6.07, 6.45) is 3.22. The van der Waals surface area contributed by atoms with Gasteiger partial charge in [-0.3, -0.25) is 0 Å². The zero-order valence-corrected chi connectivity index (χ0v) is 13.6. The maximum Gasteiger partial charge on any atom is 0.0669 e. The average Bonchev–Trinajstić information content (AvgIpc) is 2.34. The Morgan fingerprint density at radius 3 is 2.32 bits per heavy atom. The highest BCUT2D eigenvalue weighted by Gasteiger charge is 2.24. The second kappa shape index (κ2) is 7.61. The zero-order valence-electron chi connectivity index (χ0n) is 13.6. The molecule has 1 heterocycles. The summed E-state index contributed by atoms with van der Waals surface area (Å²) in [5.41, 5.74) is 0.205. The van der Waals surface area contributed by atoms with Crippen molar-refractivity contribution in [3.63, 3.8) is 0 Å². The van der Waals surface area contributed by atoms with Gasteiger partial charge in [0, 0.05) is 12.6 Å². The zero-order chi connectivity index (χ0) is 14.5. The van der Waals surface area contributed by atoms with Crippen molar-refractivity contribution in [2.24, 2.45) is 11.3 Å². The molecule has 2 unspecified atom stereocenters. The van der Waals surface area contributed by atoms with E-state index in [0.29, 0.717) is 6.04 Å². The van der Waals surface area contributed by atoms with E-state index in [0.717, 1.165) is 18.9 Å². The van der Waals surface area contributed by atoms with E-state index >= 15 is 0 Å². The fraction of sp³-hybridized carbons (Fsp3) is 1.00. The maximum absolute atomic E-state index is 10.0. The lowest BCUT2D eigenvalue weighted by Gasteiger charge is -2.35. The molecular weight excluding hydrogens is 236 g/mol. The highest BCUT2D eigenvalue weighted by molar-refractivity contribution is 4.80. The Bertz CT molecular complexity index is 242. The van der Waals surface area contributed by atoms with Crippen LogP contribution in [0.25, 0.3) is 0 Å². The van der Waals surface area contributed by atoms with E-state index in [1.807, 2.05) is 0 Å². The summed E-state index contributed by atoms with van der Waals surface area (Å²) in [4.78, 5) is 2.53. The summed E-state index contributed by atoms with van der Waals surface area (Å²) >= 11 is 0.